The molecule has 6 heteroatoms. The number of amides is 1. The van der Waals surface area contributed by atoms with Crippen molar-refractivity contribution in [2.75, 3.05) is 12.3 Å². The van der Waals surface area contributed by atoms with Gasteiger partial charge in [0.2, 0.25) is 0 Å². The average Bonchev–Trinajstić information content (AvgIpc) is 2.83. The molecular weight excluding hydrogens is 332 g/mol. The predicted octanol–water partition coefficient (Wildman–Crippen LogP) is 2.85. The van der Waals surface area contributed by atoms with Crippen molar-refractivity contribution < 1.29 is 4.79 Å². The second kappa shape index (κ2) is 6.76. The number of carbonyl (C=O) groups excluding carboxylic acids is 1. The number of anilines is 1. The van der Waals surface area contributed by atoms with Gasteiger partial charge in [0.25, 0.3) is 5.91 Å². The van der Waals surface area contributed by atoms with Gasteiger partial charge in [0.15, 0.2) is 5.69 Å². The lowest BCUT2D eigenvalue weighted by atomic mass is 10.1. The molecule has 2 aromatic rings. The van der Waals surface area contributed by atoms with E-state index in [9.17, 15) is 4.79 Å². The lowest BCUT2D eigenvalue weighted by Gasteiger charge is -2.05. The fraction of sp³-hybridized carbons (Fsp3) is 0.333. The van der Waals surface area contributed by atoms with Crippen LogP contribution in [0.25, 0.3) is 0 Å². The Labute approximate surface area is 132 Å². The summed E-state index contributed by atoms with van der Waals surface area (Å²) in [6.45, 7) is 4.64. The third kappa shape index (κ3) is 3.85. The molecule has 1 aromatic heterocycles. The monoisotopic (exact) mass is 350 g/mol. The molecule has 0 aliphatic carbocycles. The number of H-pyrrole nitrogens is 1. The van der Waals surface area contributed by atoms with Crippen LogP contribution >= 0.6 is 15.9 Å². The van der Waals surface area contributed by atoms with Crippen molar-refractivity contribution in [3.8, 4) is 0 Å². The standard InChI is InChI=1S/C15H19BrN4O/c1-9(2)13-12(16)14(20-19-13)15(21)18-8-7-10-3-5-11(17)6-4-10/h3-6,9H,7-8,17H2,1-2H3,(H,18,21)(H,19,20). The molecule has 0 atom stereocenters. The van der Waals surface area contributed by atoms with Gasteiger partial charge in [-0.05, 0) is 46.0 Å². The largest absolute Gasteiger partial charge is 0.399 e. The molecule has 5 nitrogen and oxygen atoms in total. The summed E-state index contributed by atoms with van der Waals surface area (Å²) in [5, 5.41) is 9.84. The molecule has 1 amide bonds. The molecule has 0 unspecified atom stereocenters. The minimum atomic E-state index is -0.180. The fourth-order valence-electron chi connectivity index (χ4n) is 1.96. The lowest BCUT2D eigenvalue weighted by Crippen LogP contribution is -2.26. The molecule has 0 radical (unpaired) electrons. The zero-order valence-corrected chi connectivity index (χ0v) is 13.7. The first-order valence-corrected chi connectivity index (χ1v) is 7.64. The van der Waals surface area contributed by atoms with Crippen molar-refractivity contribution in [1.29, 1.82) is 0 Å². The highest BCUT2D eigenvalue weighted by Crippen LogP contribution is 2.25. The first-order chi connectivity index (χ1) is 9.99. The van der Waals surface area contributed by atoms with Gasteiger partial charge in [0, 0.05) is 12.2 Å². The van der Waals surface area contributed by atoms with Crippen molar-refractivity contribution in [3.05, 3.63) is 45.7 Å². The van der Waals surface area contributed by atoms with Crippen molar-refractivity contribution in [2.45, 2.75) is 26.2 Å². The number of carbonyl (C=O) groups is 1. The molecule has 112 valence electrons. The van der Waals surface area contributed by atoms with Crippen LogP contribution in [0.2, 0.25) is 0 Å². The van der Waals surface area contributed by atoms with Gasteiger partial charge >= 0.3 is 0 Å². The summed E-state index contributed by atoms with van der Waals surface area (Å²) < 4.78 is 0.738. The van der Waals surface area contributed by atoms with Crippen LogP contribution in [0.4, 0.5) is 5.69 Å². The number of nitrogens with two attached hydrogens (primary N) is 1. The Morgan fingerprint density at radius 1 is 1.38 bits per heavy atom. The van der Waals surface area contributed by atoms with E-state index in [4.69, 9.17) is 5.73 Å². The van der Waals surface area contributed by atoms with E-state index >= 15 is 0 Å². The second-order valence-electron chi connectivity index (χ2n) is 5.20. The Hall–Kier alpha value is -1.82. The van der Waals surface area contributed by atoms with E-state index in [0.29, 0.717) is 12.2 Å². The highest BCUT2D eigenvalue weighted by atomic mass is 79.9. The van der Waals surface area contributed by atoms with Crippen LogP contribution in [0.15, 0.2) is 28.7 Å². The highest BCUT2D eigenvalue weighted by Gasteiger charge is 2.18. The number of aromatic nitrogens is 2. The van der Waals surface area contributed by atoms with Gasteiger partial charge in [-0.15, -0.1) is 0 Å². The van der Waals surface area contributed by atoms with Crippen LogP contribution in [-0.4, -0.2) is 22.6 Å². The maximum atomic E-state index is 12.1. The number of hydrogen-bond donors (Lipinski definition) is 3. The summed E-state index contributed by atoms with van der Waals surface area (Å²) in [5.74, 6) is 0.101. The molecule has 1 aromatic carbocycles. The van der Waals surface area contributed by atoms with Crippen LogP contribution in [0, 0.1) is 0 Å². The number of aromatic amines is 1. The van der Waals surface area contributed by atoms with Gasteiger partial charge in [-0.3, -0.25) is 9.89 Å². The first kappa shape index (κ1) is 15.6. The van der Waals surface area contributed by atoms with E-state index in [0.717, 1.165) is 27.8 Å². The normalized spacial score (nSPS) is 10.9. The molecule has 0 fully saturated rings. The van der Waals surface area contributed by atoms with Crippen LogP contribution in [-0.2, 0) is 6.42 Å². The third-order valence-corrected chi connectivity index (χ3v) is 4.01. The van der Waals surface area contributed by atoms with Gasteiger partial charge < -0.3 is 11.1 Å². The number of nitrogens with one attached hydrogen (secondary N) is 2. The number of rotatable bonds is 5. The van der Waals surface area contributed by atoms with E-state index in [-0.39, 0.29) is 11.8 Å². The Morgan fingerprint density at radius 3 is 2.62 bits per heavy atom. The molecule has 4 N–H and O–H groups in total. The predicted molar refractivity (Wildman–Crippen MR) is 87.3 cm³/mol. The minimum absolute atomic E-state index is 0.180. The van der Waals surface area contributed by atoms with E-state index < -0.39 is 0 Å². The zero-order chi connectivity index (χ0) is 15.4. The fourth-order valence-corrected chi connectivity index (χ4v) is 2.78. The highest BCUT2D eigenvalue weighted by molar-refractivity contribution is 9.10. The minimum Gasteiger partial charge on any atom is -0.399 e. The number of nitrogens with zero attached hydrogens (tertiary/aromatic N) is 1. The van der Waals surface area contributed by atoms with E-state index in [1.54, 1.807) is 0 Å². The summed E-state index contributed by atoms with van der Waals surface area (Å²) in [7, 11) is 0. The maximum Gasteiger partial charge on any atom is 0.272 e. The van der Waals surface area contributed by atoms with E-state index in [2.05, 4.69) is 31.4 Å². The van der Waals surface area contributed by atoms with Crippen LogP contribution in [0.3, 0.4) is 0 Å². The van der Waals surface area contributed by atoms with Crippen molar-refractivity contribution in [3.63, 3.8) is 0 Å². The molecule has 2 rings (SSSR count). The summed E-state index contributed by atoms with van der Waals surface area (Å²) in [6.07, 6.45) is 0.755. The van der Waals surface area contributed by atoms with Crippen molar-refractivity contribution in [1.82, 2.24) is 15.5 Å². The molecule has 21 heavy (non-hydrogen) atoms. The average molecular weight is 351 g/mol. The van der Waals surface area contributed by atoms with Gasteiger partial charge in [0.05, 0.1) is 10.2 Å². The van der Waals surface area contributed by atoms with E-state index in [1.807, 2.05) is 38.1 Å². The summed E-state index contributed by atoms with van der Waals surface area (Å²) in [4.78, 5) is 12.1. The van der Waals surface area contributed by atoms with Gasteiger partial charge in [0.1, 0.15) is 0 Å². The number of nitrogen functional groups attached to an aromatic ring is 1. The molecule has 0 saturated carbocycles. The summed E-state index contributed by atoms with van der Waals surface area (Å²) in [5.41, 5.74) is 8.84. The maximum absolute atomic E-state index is 12.1. The van der Waals surface area contributed by atoms with Crippen LogP contribution in [0.5, 0.6) is 0 Å². The number of benzene rings is 1. The molecule has 1 heterocycles. The second-order valence-corrected chi connectivity index (χ2v) is 6.00. The molecular formula is C15H19BrN4O. The molecule has 0 saturated heterocycles. The third-order valence-electron chi connectivity index (χ3n) is 3.20. The summed E-state index contributed by atoms with van der Waals surface area (Å²) >= 11 is 3.43. The van der Waals surface area contributed by atoms with Crippen molar-refractivity contribution >= 4 is 27.5 Å². The smallest absolute Gasteiger partial charge is 0.272 e. The van der Waals surface area contributed by atoms with Crippen molar-refractivity contribution in [2.24, 2.45) is 0 Å². The molecule has 0 spiro atoms. The zero-order valence-electron chi connectivity index (χ0n) is 12.1. The Bertz CT molecular complexity index is 619. The van der Waals surface area contributed by atoms with Gasteiger partial charge in [-0.1, -0.05) is 26.0 Å². The Kier molecular flexibility index (Phi) is 5.01. The van der Waals surface area contributed by atoms with Gasteiger partial charge in [-0.2, -0.15) is 5.10 Å². The number of halogens is 1. The molecule has 0 aliphatic rings. The summed E-state index contributed by atoms with van der Waals surface area (Å²) in [6, 6.07) is 7.64. The lowest BCUT2D eigenvalue weighted by molar-refractivity contribution is 0.0948. The molecule has 0 aliphatic heterocycles. The van der Waals surface area contributed by atoms with Crippen LogP contribution in [0.1, 0.15) is 41.5 Å². The van der Waals surface area contributed by atoms with E-state index in [1.165, 1.54) is 0 Å². The van der Waals surface area contributed by atoms with Gasteiger partial charge in [-0.25, -0.2) is 0 Å². The Balaban J connectivity index is 1.91. The quantitative estimate of drug-likeness (QED) is 0.725. The SMILES string of the molecule is CC(C)c1[nH]nc(C(=O)NCCc2ccc(N)cc2)c1Br. The van der Waals surface area contributed by atoms with Crippen LogP contribution < -0.4 is 11.1 Å². The number of hydrogen-bond acceptors (Lipinski definition) is 3. The first-order valence-electron chi connectivity index (χ1n) is 6.85. The molecule has 0 bridgehead atoms. The topological polar surface area (TPSA) is 83.8 Å². The Morgan fingerprint density at radius 2 is 2.05 bits per heavy atom.